The van der Waals surface area contributed by atoms with Crippen LogP contribution in [0.2, 0.25) is 5.02 Å². The van der Waals surface area contributed by atoms with Gasteiger partial charge in [0.15, 0.2) is 0 Å². The highest BCUT2D eigenvalue weighted by molar-refractivity contribution is 9.10. The summed E-state index contributed by atoms with van der Waals surface area (Å²) in [7, 11) is 0. The summed E-state index contributed by atoms with van der Waals surface area (Å²) in [5.74, 6) is -1.07. The molecule has 0 aliphatic rings. The summed E-state index contributed by atoms with van der Waals surface area (Å²) in [6.07, 6.45) is 0. The fourth-order valence-corrected chi connectivity index (χ4v) is 3.57. The molecule has 0 aliphatic carbocycles. The summed E-state index contributed by atoms with van der Waals surface area (Å²) in [4.78, 5) is 24.9. The molecule has 0 radical (unpaired) electrons. The Kier molecular flexibility index (Phi) is 6.67. The monoisotopic (exact) mass is 475 g/mol. The molecule has 3 aromatic carbocycles. The van der Waals surface area contributed by atoms with E-state index in [0.29, 0.717) is 27.5 Å². The first-order valence-electron chi connectivity index (χ1n) is 8.64. The van der Waals surface area contributed by atoms with Crippen LogP contribution in [0, 0.1) is 12.7 Å². The molecule has 0 atom stereocenters. The maximum Gasteiger partial charge on any atom is 0.343 e. The highest BCUT2D eigenvalue weighted by atomic mass is 79.9. The fraction of sp³-hybridized carbons (Fsp3) is 0.0909. The average Bonchev–Trinajstić information content (AvgIpc) is 2.69. The maximum atomic E-state index is 13.1. The van der Waals surface area contributed by atoms with E-state index < -0.39 is 11.8 Å². The number of halogens is 3. The molecule has 0 spiro atoms. The van der Waals surface area contributed by atoms with Crippen molar-refractivity contribution in [3.63, 3.8) is 0 Å². The van der Waals surface area contributed by atoms with Gasteiger partial charge in [0.05, 0.1) is 16.1 Å². The van der Waals surface area contributed by atoms with Crippen molar-refractivity contribution in [3.05, 3.63) is 98.2 Å². The third-order valence-electron chi connectivity index (χ3n) is 4.15. The van der Waals surface area contributed by atoms with Crippen LogP contribution in [0.15, 0.2) is 65.1 Å². The number of nitrogens with one attached hydrogen (secondary N) is 1. The molecule has 3 rings (SSSR count). The molecule has 0 aliphatic heterocycles. The van der Waals surface area contributed by atoms with E-state index >= 15 is 0 Å². The lowest BCUT2D eigenvalue weighted by Gasteiger charge is -2.15. The van der Waals surface area contributed by atoms with Crippen LogP contribution in [0.4, 0.5) is 4.39 Å². The normalized spacial score (nSPS) is 10.5. The van der Waals surface area contributed by atoms with E-state index in [4.69, 9.17) is 16.3 Å². The predicted molar refractivity (Wildman–Crippen MR) is 113 cm³/mol. The molecule has 0 saturated carbocycles. The zero-order valence-corrected chi connectivity index (χ0v) is 17.7. The van der Waals surface area contributed by atoms with Gasteiger partial charge in [-0.15, -0.1) is 0 Å². The number of carbonyl (C=O) groups is 2. The van der Waals surface area contributed by atoms with Gasteiger partial charge in [0, 0.05) is 16.6 Å². The Labute approximate surface area is 180 Å². The van der Waals surface area contributed by atoms with E-state index in [0.717, 1.165) is 4.47 Å². The lowest BCUT2D eigenvalue weighted by atomic mass is 10.1. The van der Waals surface area contributed by atoms with Crippen LogP contribution < -0.4 is 10.1 Å². The lowest BCUT2D eigenvalue weighted by Crippen LogP contribution is -2.24. The van der Waals surface area contributed by atoms with Crippen molar-refractivity contribution < 1.29 is 18.7 Å². The summed E-state index contributed by atoms with van der Waals surface area (Å²) < 4.78 is 19.4. The number of carbonyl (C=O) groups excluding carboxylic acids is 2. The van der Waals surface area contributed by atoms with Crippen LogP contribution >= 0.6 is 27.5 Å². The summed E-state index contributed by atoms with van der Waals surface area (Å²) in [5.41, 5.74) is 1.88. The number of amides is 1. The average molecular weight is 477 g/mol. The Balaban J connectivity index is 1.81. The molecule has 3 aromatic rings. The number of rotatable bonds is 5. The molecular formula is C22H16BrClFNO3. The largest absolute Gasteiger partial charge is 0.422 e. The van der Waals surface area contributed by atoms with E-state index in [1.54, 1.807) is 43.3 Å². The van der Waals surface area contributed by atoms with Gasteiger partial charge in [-0.05, 0) is 61.0 Å². The van der Waals surface area contributed by atoms with Crippen molar-refractivity contribution in [2.24, 2.45) is 0 Å². The molecule has 4 nitrogen and oxygen atoms in total. The second-order valence-corrected chi connectivity index (χ2v) is 7.59. The Morgan fingerprint density at radius 1 is 1.10 bits per heavy atom. The SMILES string of the molecule is Cc1cc(Br)cc(CNC(=O)c2ccccc2Cl)c1OC(=O)c1ccc(F)cc1. The van der Waals surface area contributed by atoms with Crippen molar-refractivity contribution in [3.8, 4) is 5.75 Å². The van der Waals surface area contributed by atoms with Gasteiger partial charge < -0.3 is 10.1 Å². The first kappa shape index (κ1) is 21.0. The zero-order valence-electron chi connectivity index (χ0n) is 15.3. The Hall–Kier alpha value is -2.70. The Bertz CT molecular complexity index is 1070. The Morgan fingerprint density at radius 3 is 2.48 bits per heavy atom. The van der Waals surface area contributed by atoms with Gasteiger partial charge in [0.1, 0.15) is 11.6 Å². The molecule has 7 heteroatoms. The van der Waals surface area contributed by atoms with Gasteiger partial charge in [0.2, 0.25) is 0 Å². The molecule has 1 amide bonds. The molecule has 0 fully saturated rings. The minimum atomic E-state index is -0.617. The van der Waals surface area contributed by atoms with E-state index in [1.807, 2.05) is 0 Å². The quantitative estimate of drug-likeness (QED) is 0.380. The minimum Gasteiger partial charge on any atom is -0.422 e. The number of hydrogen-bond donors (Lipinski definition) is 1. The van der Waals surface area contributed by atoms with Crippen LogP contribution in [-0.4, -0.2) is 11.9 Å². The van der Waals surface area contributed by atoms with E-state index in [1.165, 1.54) is 24.3 Å². The van der Waals surface area contributed by atoms with Crippen molar-refractivity contribution in [2.75, 3.05) is 0 Å². The number of ether oxygens (including phenoxy) is 1. The summed E-state index contributed by atoms with van der Waals surface area (Å²) in [6.45, 7) is 1.91. The van der Waals surface area contributed by atoms with Gasteiger partial charge >= 0.3 is 5.97 Å². The van der Waals surface area contributed by atoms with Gasteiger partial charge in [-0.1, -0.05) is 39.7 Å². The third kappa shape index (κ3) is 5.22. The molecule has 0 bridgehead atoms. The smallest absolute Gasteiger partial charge is 0.343 e. The van der Waals surface area contributed by atoms with Crippen LogP contribution in [0.3, 0.4) is 0 Å². The summed E-state index contributed by atoms with van der Waals surface area (Å²) >= 11 is 9.48. The number of hydrogen-bond acceptors (Lipinski definition) is 3. The second kappa shape index (κ2) is 9.20. The maximum absolute atomic E-state index is 13.1. The minimum absolute atomic E-state index is 0.121. The van der Waals surface area contributed by atoms with Crippen LogP contribution in [0.1, 0.15) is 31.8 Å². The first-order chi connectivity index (χ1) is 13.8. The van der Waals surface area contributed by atoms with Gasteiger partial charge in [-0.3, -0.25) is 4.79 Å². The fourth-order valence-electron chi connectivity index (χ4n) is 2.73. The van der Waals surface area contributed by atoms with Crippen LogP contribution in [0.5, 0.6) is 5.75 Å². The van der Waals surface area contributed by atoms with E-state index in [-0.39, 0.29) is 18.0 Å². The van der Waals surface area contributed by atoms with Crippen molar-refractivity contribution in [1.82, 2.24) is 5.32 Å². The summed E-state index contributed by atoms with van der Waals surface area (Å²) in [6, 6.07) is 15.4. The third-order valence-corrected chi connectivity index (χ3v) is 4.94. The standard InChI is InChI=1S/C22H16BrClFNO3/c1-13-10-16(23)11-15(12-26-21(27)18-4-2-3-5-19(18)24)20(13)29-22(28)14-6-8-17(25)9-7-14/h2-11H,12H2,1H3,(H,26,27). The molecule has 1 N–H and O–H groups in total. The van der Waals surface area contributed by atoms with Crippen LogP contribution in [0.25, 0.3) is 0 Å². The number of benzene rings is 3. The molecule has 0 aromatic heterocycles. The van der Waals surface area contributed by atoms with E-state index in [2.05, 4.69) is 21.2 Å². The van der Waals surface area contributed by atoms with Gasteiger partial charge in [-0.2, -0.15) is 0 Å². The number of esters is 1. The first-order valence-corrected chi connectivity index (χ1v) is 9.81. The molecular weight excluding hydrogens is 461 g/mol. The van der Waals surface area contributed by atoms with Gasteiger partial charge in [-0.25, -0.2) is 9.18 Å². The molecule has 148 valence electrons. The molecule has 0 unspecified atom stereocenters. The molecule has 29 heavy (non-hydrogen) atoms. The molecule has 0 heterocycles. The topological polar surface area (TPSA) is 55.4 Å². The number of aryl methyl sites for hydroxylation is 1. The van der Waals surface area contributed by atoms with Crippen LogP contribution in [-0.2, 0) is 6.54 Å². The Morgan fingerprint density at radius 2 is 1.79 bits per heavy atom. The highest BCUT2D eigenvalue weighted by Crippen LogP contribution is 2.29. The lowest BCUT2D eigenvalue weighted by molar-refractivity contribution is 0.0731. The predicted octanol–water partition coefficient (Wildman–Crippen LogP) is 5.70. The van der Waals surface area contributed by atoms with E-state index in [9.17, 15) is 14.0 Å². The zero-order chi connectivity index (χ0) is 21.0. The highest BCUT2D eigenvalue weighted by Gasteiger charge is 2.17. The molecule has 0 saturated heterocycles. The second-order valence-electron chi connectivity index (χ2n) is 6.27. The van der Waals surface area contributed by atoms with Crippen molar-refractivity contribution >= 4 is 39.4 Å². The van der Waals surface area contributed by atoms with Crippen molar-refractivity contribution in [2.45, 2.75) is 13.5 Å². The summed E-state index contributed by atoms with van der Waals surface area (Å²) in [5, 5.41) is 3.13. The van der Waals surface area contributed by atoms with Crippen molar-refractivity contribution in [1.29, 1.82) is 0 Å². The van der Waals surface area contributed by atoms with Gasteiger partial charge in [0.25, 0.3) is 5.91 Å².